The second kappa shape index (κ2) is 5.63. The van der Waals surface area contributed by atoms with E-state index in [2.05, 4.69) is 48.2 Å². The van der Waals surface area contributed by atoms with Gasteiger partial charge >= 0.3 is 0 Å². The minimum Gasteiger partial charge on any atom is -0.392 e. The van der Waals surface area contributed by atoms with Gasteiger partial charge in [0.2, 0.25) is 0 Å². The van der Waals surface area contributed by atoms with E-state index in [1.165, 1.54) is 5.56 Å². The molecule has 0 aliphatic carbocycles. The van der Waals surface area contributed by atoms with Gasteiger partial charge in [-0.2, -0.15) is 0 Å². The molecule has 3 nitrogen and oxygen atoms in total. The quantitative estimate of drug-likeness (QED) is 0.847. The first-order chi connectivity index (χ1) is 8.15. The summed E-state index contributed by atoms with van der Waals surface area (Å²) in [6.07, 6.45) is 0.731. The third kappa shape index (κ3) is 3.53. The highest BCUT2D eigenvalue weighted by atomic mass is 16.3. The number of aliphatic hydroxyl groups is 1. The Kier molecular flexibility index (Phi) is 4.15. The molecule has 1 aromatic carbocycles. The van der Waals surface area contributed by atoms with E-state index in [1.54, 1.807) is 0 Å². The fraction of sp³-hybridized carbons (Fsp3) is 0.571. The van der Waals surface area contributed by atoms with E-state index < -0.39 is 0 Å². The lowest BCUT2D eigenvalue weighted by Gasteiger charge is -2.26. The van der Waals surface area contributed by atoms with E-state index in [4.69, 9.17) is 0 Å². The Labute approximate surface area is 104 Å². The van der Waals surface area contributed by atoms with Crippen LogP contribution in [0.15, 0.2) is 30.3 Å². The largest absolute Gasteiger partial charge is 0.392 e. The molecular formula is C14H22N2O. The van der Waals surface area contributed by atoms with Gasteiger partial charge in [-0.05, 0) is 26.1 Å². The van der Waals surface area contributed by atoms with Crippen molar-refractivity contribution in [2.45, 2.75) is 25.1 Å². The SMILES string of the molecule is CN(C)CC1CC(O)CN1Cc1ccccc1. The topological polar surface area (TPSA) is 26.7 Å². The Morgan fingerprint density at radius 3 is 2.65 bits per heavy atom. The number of likely N-dealkylation sites (N-methyl/N-ethyl adjacent to an activating group) is 1. The molecule has 0 bridgehead atoms. The van der Waals surface area contributed by atoms with Crippen molar-refractivity contribution in [2.75, 3.05) is 27.2 Å². The highest BCUT2D eigenvalue weighted by molar-refractivity contribution is 5.15. The van der Waals surface area contributed by atoms with E-state index in [0.717, 1.165) is 26.1 Å². The number of nitrogens with zero attached hydrogens (tertiary/aromatic N) is 2. The minimum absolute atomic E-state index is 0.163. The molecule has 0 radical (unpaired) electrons. The van der Waals surface area contributed by atoms with Crippen molar-refractivity contribution >= 4 is 0 Å². The van der Waals surface area contributed by atoms with Crippen molar-refractivity contribution < 1.29 is 5.11 Å². The molecule has 1 heterocycles. The first kappa shape index (κ1) is 12.6. The Morgan fingerprint density at radius 1 is 1.29 bits per heavy atom. The number of hydrogen-bond donors (Lipinski definition) is 1. The molecule has 0 amide bonds. The molecule has 0 saturated carbocycles. The Bertz CT molecular complexity index is 339. The molecule has 94 valence electrons. The van der Waals surface area contributed by atoms with Crippen LogP contribution in [0.2, 0.25) is 0 Å². The molecule has 17 heavy (non-hydrogen) atoms. The van der Waals surface area contributed by atoms with E-state index in [9.17, 15) is 5.11 Å². The summed E-state index contributed by atoms with van der Waals surface area (Å²) >= 11 is 0. The van der Waals surface area contributed by atoms with Gasteiger partial charge in [0, 0.05) is 25.7 Å². The maximum absolute atomic E-state index is 9.80. The van der Waals surface area contributed by atoms with Gasteiger partial charge in [-0.3, -0.25) is 4.90 Å². The first-order valence-corrected chi connectivity index (χ1v) is 6.26. The molecule has 1 aliphatic heterocycles. The molecule has 1 fully saturated rings. The first-order valence-electron chi connectivity index (χ1n) is 6.26. The zero-order chi connectivity index (χ0) is 12.3. The van der Waals surface area contributed by atoms with Gasteiger partial charge in [-0.15, -0.1) is 0 Å². The van der Waals surface area contributed by atoms with E-state index in [1.807, 2.05) is 6.07 Å². The van der Waals surface area contributed by atoms with Crippen molar-refractivity contribution in [2.24, 2.45) is 0 Å². The predicted octanol–water partition coefficient (Wildman–Crippen LogP) is 1.18. The number of likely N-dealkylation sites (tertiary alicyclic amines) is 1. The minimum atomic E-state index is -0.163. The van der Waals surface area contributed by atoms with Crippen molar-refractivity contribution in [3.05, 3.63) is 35.9 Å². The molecule has 3 heteroatoms. The second-order valence-corrected chi connectivity index (χ2v) is 5.22. The van der Waals surface area contributed by atoms with Gasteiger partial charge in [0.05, 0.1) is 6.10 Å². The molecule has 0 spiro atoms. The van der Waals surface area contributed by atoms with Crippen LogP contribution in [0.25, 0.3) is 0 Å². The highest BCUT2D eigenvalue weighted by Gasteiger charge is 2.30. The summed E-state index contributed by atoms with van der Waals surface area (Å²) in [5, 5.41) is 9.80. The van der Waals surface area contributed by atoms with Crippen LogP contribution in [0.5, 0.6) is 0 Å². The molecule has 1 aromatic rings. The van der Waals surface area contributed by atoms with E-state index in [0.29, 0.717) is 6.04 Å². The van der Waals surface area contributed by atoms with Gasteiger partial charge in [-0.25, -0.2) is 0 Å². The third-order valence-corrected chi connectivity index (χ3v) is 3.31. The summed E-state index contributed by atoms with van der Waals surface area (Å²) in [4.78, 5) is 4.58. The summed E-state index contributed by atoms with van der Waals surface area (Å²) in [6, 6.07) is 11.0. The molecule has 1 aliphatic rings. The number of benzene rings is 1. The van der Waals surface area contributed by atoms with Gasteiger partial charge in [-0.1, -0.05) is 30.3 Å². The summed E-state index contributed by atoms with van der Waals surface area (Å²) in [5.41, 5.74) is 1.32. The monoisotopic (exact) mass is 234 g/mol. The zero-order valence-electron chi connectivity index (χ0n) is 10.7. The fourth-order valence-corrected chi connectivity index (χ4v) is 2.58. The van der Waals surface area contributed by atoms with Gasteiger partial charge in [0.25, 0.3) is 0 Å². The lowest BCUT2D eigenvalue weighted by molar-refractivity contribution is 0.169. The molecule has 1 saturated heterocycles. The predicted molar refractivity (Wildman–Crippen MR) is 69.8 cm³/mol. The van der Waals surface area contributed by atoms with Crippen molar-refractivity contribution in [1.29, 1.82) is 0 Å². The standard InChI is InChI=1S/C14H22N2O/c1-15(2)10-13-8-14(17)11-16(13)9-12-6-4-3-5-7-12/h3-7,13-14,17H,8-11H2,1-2H3. The number of rotatable bonds is 4. The van der Waals surface area contributed by atoms with Crippen LogP contribution in [-0.4, -0.2) is 54.2 Å². The maximum atomic E-state index is 9.80. The van der Waals surface area contributed by atoms with Crippen LogP contribution in [0.1, 0.15) is 12.0 Å². The molecule has 2 unspecified atom stereocenters. The molecular weight excluding hydrogens is 212 g/mol. The summed E-state index contributed by atoms with van der Waals surface area (Å²) in [7, 11) is 4.18. The number of aliphatic hydroxyl groups excluding tert-OH is 1. The van der Waals surface area contributed by atoms with Gasteiger partial charge in [0.15, 0.2) is 0 Å². The van der Waals surface area contributed by atoms with Crippen molar-refractivity contribution in [3.8, 4) is 0 Å². The lowest BCUT2D eigenvalue weighted by atomic mass is 10.1. The Hall–Kier alpha value is -0.900. The summed E-state index contributed by atoms with van der Waals surface area (Å²) in [6.45, 7) is 2.76. The fourth-order valence-electron chi connectivity index (χ4n) is 2.58. The van der Waals surface area contributed by atoms with Crippen LogP contribution in [-0.2, 0) is 6.54 Å². The maximum Gasteiger partial charge on any atom is 0.0682 e. The normalized spacial score (nSPS) is 25.6. The average molecular weight is 234 g/mol. The molecule has 2 atom stereocenters. The smallest absolute Gasteiger partial charge is 0.0682 e. The second-order valence-electron chi connectivity index (χ2n) is 5.22. The van der Waals surface area contributed by atoms with Crippen LogP contribution in [0, 0.1) is 0 Å². The van der Waals surface area contributed by atoms with Crippen LogP contribution in [0.4, 0.5) is 0 Å². The van der Waals surface area contributed by atoms with Crippen molar-refractivity contribution in [3.63, 3.8) is 0 Å². The van der Waals surface area contributed by atoms with Gasteiger partial charge in [0.1, 0.15) is 0 Å². The number of hydrogen-bond acceptors (Lipinski definition) is 3. The highest BCUT2D eigenvalue weighted by Crippen LogP contribution is 2.20. The van der Waals surface area contributed by atoms with Crippen LogP contribution >= 0.6 is 0 Å². The average Bonchev–Trinajstić information content (AvgIpc) is 2.59. The van der Waals surface area contributed by atoms with Crippen LogP contribution in [0.3, 0.4) is 0 Å². The van der Waals surface area contributed by atoms with E-state index >= 15 is 0 Å². The molecule has 2 rings (SSSR count). The van der Waals surface area contributed by atoms with E-state index in [-0.39, 0.29) is 6.10 Å². The molecule has 1 N–H and O–H groups in total. The third-order valence-electron chi connectivity index (χ3n) is 3.31. The Morgan fingerprint density at radius 2 is 2.00 bits per heavy atom. The Balaban J connectivity index is 1.98. The van der Waals surface area contributed by atoms with Crippen molar-refractivity contribution in [1.82, 2.24) is 9.80 Å². The summed E-state index contributed by atoms with van der Waals surface area (Å²) in [5.74, 6) is 0. The lowest BCUT2D eigenvalue weighted by Crippen LogP contribution is -2.37. The summed E-state index contributed by atoms with van der Waals surface area (Å²) < 4.78 is 0. The number of β-amino-alcohol motifs (C(OH)–C–C–N with tert-alkyl or cyclic N) is 1. The molecule has 0 aromatic heterocycles. The van der Waals surface area contributed by atoms with Crippen LogP contribution < -0.4 is 0 Å². The van der Waals surface area contributed by atoms with Gasteiger partial charge < -0.3 is 10.0 Å². The zero-order valence-corrected chi connectivity index (χ0v) is 10.7.